The minimum atomic E-state index is -0.430. The summed E-state index contributed by atoms with van der Waals surface area (Å²) in [6.45, 7) is 7.47. The molecule has 35 heavy (non-hydrogen) atoms. The molecule has 0 aliphatic rings. The van der Waals surface area contributed by atoms with Crippen molar-refractivity contribution in [3.8, 4) is 22.7 Å². The highest BCUT2D eigenvalue weighted by molar-refractivity contribution is 6.31. The fourth-order valence-electron chi connectivity index (χ4n) is 3.81. The first-order valence-corrected chi connectivity index (χ1v) is 11.7. The second-order valence-electron chi connectivity index (χ2n) is 8.61. The van der Waals surface area contributed by atoms with Crippen molar-refractivity contribution in [1.29, 1.82) is 0 Å². The maximum Gasteiger partial charge on any atom is 0.309 e. The molecule has 4 rings (SSSR count). The molecule has 3 aromatic carbocycles. The lowest BCUT2D eigenvalue weighted by Gasteiger charge is -2.11. The van der Waals surface area contributed by atoms with Crippen molar-refractivity contribution >= 4 is 29.2 Å². The van der Waals surface area contributed by atoms with Crippen molar-refractivity contribution in [1.82, 2.24) is 9.78 Å². The predicted octanol–water partition coefficient (Wildman–Crippen LogP) is 6.80. The van der Waals surface area contributed by atoms with Crippen LogP contribution < -0.4 is 10.1 Å². The number of aryl methyl sites for hydroxylation is 1. The number of amides is 1. The molecule has 0 spiro atoms. The molecule has 4 aromatic rings. The highest BCUT2D eigenvalue weighted by Gasteiger charge is 2.25. The average Bonchev–Trinajstić information content (AvgIpc) is 3.18. The smallest absolute Gasteiger partial charge is 0.309 e. The normalized spacial score (nSPS) is 10.9. The summed E-state index contributed by atoms with van der Waals surface area (Å²) in [6.07, 6.45) is 0. The summed E-state index contributed by atoms with van der Waals surface area (Å²) in [5, 5.41) is 8.21. The Morgan fingerprint density at radius 3 is 2.34 bits per heavy atom. The number of carbonyl (C=O) groups is 2. The second-order valence-corrected chi connectivity index (χ2v) is 9.04. The van der Waals surface area contributed by atoms with Gasteiger partial charge in [0.1, 0.15) is 0 Å². The Balaban J connectivity index is 1.74. The zero-order chi connectivity index (χ0) is 25.1. The topological polar surface area (TPSA) is 73.2 Å². The second kappa shape index (κ2) is 10.2. The third kappa shape index (κ3) is 5.44. The van der Waals surface area contributed by atoms with Crippen molar-refractivity contribution in [2.45, 2.75) is 33.6 Å². The van der Waals surface area contributed by atoms with Crippen molar-refractivity contribution in [2.75, 3.05) is 5.32 Å². The zero-order valence-corrected chi connectivity index (χ0v) is 20.8. The van der Waals surface area contributed by atoms with Crippen molar-refractivity contribution in [2.24, 2.45) is 0 Å². The molecule has 0 unspecified atom stereocenters. The Hall–Kier alpha value is -3.90. The van der Waals surface area contributed by atoms with E-state index in [0.29, 0.717) is 22.2 Å². The number of ether oxygens (including phenoxy) is 1. The average molecular weight is 488 g/mol. The van der Waals surface area contributed by atoms with Crippen LogP contribution in [0.4, 0.5) is 5.69 Å². The number of carbonyl (C=O) groups excluding carboxylic acids is 2. The van der Waals surface area contributed by atoms with Crippen LogP contribution >= 0.6 is 11.6 Å². The van der Waals surface area contributed by atoms with Crippen LogP contribution in [0.15, 0.2) is 72.8 Å². The van der Waals surface area contributed by atoms with Gasteiger partial charge in [-0.3, -0.25) is 9.59 Å². The standard InChI is InChI=1S/C28H26ClN3O3/c1-17(2)26-25(28(35-19(4)33)32(31-26)24-10-5-7-18(3)15-24)20-11-13-23(14-12-20)30-27(34)21-8-6-9-22(29)16-21/h5-17H,1-4H3,(H,30,34). The quantitative estimate of drug-likeness (QED) is 0.303. The van der Waals surface area contributed by atoms with Crippen molar-refractivity contribution < 1.29 is 14.3 Å². The van der Waals surface area contributed by atoms with E-state index in [0.717, 1.165) is 28.1 Å². The van der Waals surface area contributed by atoms with E-state index in [1.807, 2.05) is 69.3 Å². The summed E-state index contributed by atoms with van der Waals surface area (Å²) in [7, 11) is 0. The zero-order valence-electron chi connectivity index (χ0n) is 20.0. The molecule has 0 saturated carbocycles. The van der Waals surface area contributed by atoms with E-state index in [1.165, 1.54) is 6.92 Å². The summed E-state index contributed by atoms with van der Waals surface area (Å²) in [4.78, 5) is 24.6. The fourth-order valence-corrected chi connectivity index (χ4v) is 4.00. The van der Waals surface area contributed by atoms with E-state index < -0.39 is 5.97 Å². The van der Waals surface area contributed by atoms with Crippen LogP contribution in [-0.4, -0.2) is 21.7 Å². The lowest BCUT2D eigenvalue weighted by Crippen LogP contribution is -2.11. The predicted molar refractivity (Wildman–Crippen MR) is 139 cm³/mol. The van der Waals surface area contributed by atoms with Crippen LogP contribution in [0.2, 0.25) is 5.02 Å². The molecule has 0 bridgehead atoms. The summed E-state index contributed by atoms with van der Waals surface area (Å²) >= 11 is 6.00. The number of hydrogen-bond donors (Lipinski definition) is 1. The summed E-state index contributed by atoms with van der Waals surface area (Å²) in [6, 6.07) is 22.0. The number of benzene rings is 3. The number of rotatable bonds is 6. The van der Waals surface area contributed by atoms with Gasteiger partial charge in [0.15, 0.2) is 0 Å². The Labute approximate surface area is 209 Å². The van der Waals surface area contributed by atoms with Gasteiger partial charge in [-0.1, -0.05) is 55.8 Å². The first-order valence-electron chi connectivity index (χ1n) is 11.3. The SMILES string of the molecule is CC(=O)Oc1c(-c2ccc(NC(=O)c3cccc(Cl)c3)cc2)c(C(C)C)nn1-c1cccc(C)c1. The maximum absolute atomic E-state index is 12.6. The summed E-state index contributed by atoms with van der Waals surface area (Å²) in [5.74, 6) is -0.244. The van der Waals surface area contributed by atoms with Crippen molar-refractivity contribution in [3.05, 3.63) is 94.6 Å². The summed E-state index contributed by atoms with van der Waals surface area (Å²) in [5.41, 5.74) is 5.34. The molecule has 1 heterocycles. The van der Waals surface area contributed by atoms with Crippen LogP contribution in [0.3, 0.4) is 0 Å². The number of nitrogens with zero attached hydrogens (tertiary/aromatic N) is 2. The third-order valence-corrected chi connectivity index (χ3v) is 5.66. The minimum Gasteiger partial charge on any atom is -0.407 e. The van der Waals surface area contributed by atoms with Gasteiger partial charge in [0.25, 0.3) is 5.91 Å². The Morgan fingerprint density at radius 1 is 1.00 bits per heavy atom. The lowest BCUT2D eigenvalue weighted by molar-refractivity contribution is -0.132. The fraction of sp³-hybridized carbons (Fsp3) is 0.179. The molecule has 1 amide bonds. The molecule has 0 saturated heterocycles. The van der Waals surface area contributed by atoms with E-state index >= 15 is 0 Å². The molecule has 1 aromatic heterocycles. The highest BCUT2D eigenvalue weighted by Crippen LogP contribution is 2.39. The highest BCUT2D eigenvalue weighted by atomic mass is 35.5. The minimum absolute atomic E-state index is 0.0765. The molecule has 0 aliphatic heterocycles. The Bertz CT molecular complexity index is 1390. The van der Waals surface area contributed by atoms with Crippen LogP contribution in [0.1, 0.15) is 48.3 Å². The molecular weight excluding hydrogens is 462 g/mol. The first kappa shape index (κ1) is 24.2. The van der Waals surface area contributed by atoms with E-state index in [4.69, 9.17) is 21.4 Å². The Morgan fingerprint density at radius 2 is 1.71 bits per heavy atom. The summed E-state index contributed by atoms with van der Waals surface area (Å²) < 4.78 is 7.37. The molecule has 1 N–H and O–H groups in total. The van der Waals surface area contributed by atoms with Gasteiger partial charge >= 0.3 is 5.97 Å². The van der Waals surface area contributed by atoms with E-state index in [-0.39, 0.29) is 11.8 Å². The molecule has 6 nitrogen and oxygen atoms in total. The first-order chi connectivity index (χ1) is 16.7. The third-order valence-electron chi connectivity index (χ3n) is 5.42. The largest absolute Gasteiger partial charge is 0.407 e. The molecule has 178 valence electrons. The van der Waals surface area contributed by atoms with Gasteiger partial charge in [0.2, 0.25) is 5.88 Å². The lowest BCUT2D eigenvalue weighted by atomic mass is 9.99. The van der Waals surface area contributed by atoms with Crippen LogP contribution in [0.5, 0.6) is 5.88 Å². The number of aromatic nitrogens is 2. The van der Waals surface area contributed by atoms with Gasteiger partial charge in [0.05, 0.1) is 16.9 Å². The number of esters is 1. The van der Waals surface area contributed by atoms with E-state index in [9.17, 15) is 9.59 Å². The van der Waals surface area contributed by atoms with Crippen LogP contribution in [0, 0.1) is 6.92 Å². The van der Waals surface area contributed by atoms with Gasteiger partial charge in [-0.25, -0.2) is 0 Å². The van der Waals surface area contributed by atoms with Crippen LogP contribution in [-0.2, 0) is 4.79 Å². The number of hydrogen-bond acceptors (Lipinski definition) is 4. The molecule has 0 atom stereocenters. The number of anilines is 1. The molecule has 0 fully saturated rings. The van der Waals surface area contributed by atoms with Gasteiger partial charge in [0, 0.05) is 23.2 Å². The van der Waals surface area contributed by atoms with E-state index in [1.54, 1.807) is 28.9 Å². The van der Waals surface area contributed by atoms with Gasteiger partial charge in [-0.05, 0) is 66.4 Å². The van der Waals surface area contributed by atoms with Gasteiger partial charge in [-0.15, -0.1) is 0 Å². The van der Waals surface area contributed by atoms with Gasteiger partial charge < -0.3 is 10.1 Å². The number of nitrogens with one attached hydrogen (secondary N) is 1. The van der Waals surface area contributed by atoms with E-state index in [2.05, 4.69) is 5.32 Å². The Kier molecular flexibility index (Phi) is 7.03. The molecule has 0 radical (unpaired) electrons. The molecule has 0 aliphatic carbocycles. The van der Waals surface area contributed by atoms with Crippen LogP contribution in [0.25, 0.3) is 16.8 Å². The number of halogens is 1. The molecular formula is C28H26ClN3O3. The molecule has 7 heteroatoms. The monoisotopic (exact) mass is 487 g/mol. The van der Waals surface area contributed by atoms with Gasteiger partial charge in [-0.2, -0.15) is 9.78 Å². The maximum atomic E-state index is 12.6. The van der Waals surface area contributed by atoms with Crippen molar-refractivity contribution in [3.63, 3.8) is 0 Å².